The Morgan fingerprint density at radius 1 is 1.29 bits per heavy atom. The highest BCUT2D eigenvalue weighted by molar-refractivity contribution is 6.62. The molecule has 1 aliphatic heterocycles. The molecule has 1 heterocycles. The minimum Gasteiger partial charge on any atom is -0.480 e. The maximum absolute atomic E-state index is 12.9. The first-order valence-electron chi connectivity index (χ1n) is 9.07. The van der Waals surface area contributed by atoms with Gasteiger partial charge in [0.05, 0.1) is 6.61 Å². The van der Waals surface area contributed by atoms with Crippen molar-refractivity contribution in [3.8, 4) is 0 Å². The summed E-state index contributed by atoms with van der Waals surface area (Å²) in [5.41, 5.74) is 1.36. The highest BCUT2D eigenvalue weighted by Crippen LogP contribution is 2.35. The van der Waals surface area contributed by atoms with Gasteiger partial charge in [-0.15, -0.1) is 0 Å². The molecule has 28 heavy (non-hydrogen) atoms. The lowest BCUT2D eigenvalue weighted by atomic mass is 9.72. The van der Waals surface area contributed by atoms with Gasteiger partial charge in [0.25, 0.3) is 5.91 Å². The second-order valence-electron chi connectivity index (χ2n) is 7.67. The fraction of sp³-hybridized carbons (Fsp3) is 0.579. The molecule has 2 rings (SSSR count). The number of carboxylic acids is 1. The van der Waals surface area contributed by atoms with Gasteiger partial charge in [0.1, 0.15) is 6.04 Å². The largest absolute Gasteiger partial charge is 0.492 e. The Morgan fingerprint density at radius 3 is 2.43 bits per heavy atom. The monoisotopic (exact) mass is 393 g/mol. The van der Waals surface area contributed by atoms with Gasteiger partial charge in [0.15, 0.2) is 6.29 Å². The van der Waals surface area contributed by atoms with Crippen LogP contribution in [0.15, 0.2) is 12.1 Å². The molecule has 1 amide bonds. The van der Waals surface area contributed by atoms with Crippen molar-refractivity contribution in [1.82, 2.24) is 5.32 Å². The van der Waals surface area contributed by atoms with Crippen LogP contribution < -0.4 is 10.8 Å². The number of methoxy groups -OCH3 is 2. The van der Waals surface area contributed by atoms with Gasteiger partial charge < -0.3 is 29.6 Å². The number of hydrogen-bond donors (Lipinski definition) is 3. The van der Waals surface area contributed by atoms with E-state index in [1.165, 1.54) is 14.2 Å². The zero-order valence-electron chi connectivity index (χ0n) is 17.1. The van der Waals surface area contributed by atoms with Crippen LogP contribution in [-0.4, -0.2) is 55.7 Å². The first kappa shape index (κ1) is 22.4. The Morgan fingerprint density at radius 2 is 1.89 bits per heavy atom. The Hall–Kier alpha value is -1.94. The second kappa shape index (κ2) is 8.61. The lowest BCUT2D eigenvalue weighted by molar-refractivity contribution is -0.168. The van der Waals surface area contributed by atoms with Gasteiger partial charge in [-0.25, -0.2) is 4.79 Å². The number of carbonyl (C=O) groups is 2. The lowest BCUT2D eigenvalue weighted by Crippen LogP contribution is -2.55. The van der Waals surface area contributed by atoms with E-state index in [4.69, 9.17) is 14.1 Å². The summed E-state index contributed by atoms with van der Waals surface area (Å²) in [6.07, 6.45) is -0.622. The van der Waals surface area contributed by atoms with E-state index in [9.17, 15) is 19.7 Å². The average molecular weight is 393 g/mol. The molecule has 1 aromatic carbocycles. The van der Waals surface area contributed by atoms with Gasteiger partial charge in [0, 0.05) is 31.1 Å². The molecule has 0 bridgehead atoms. The second-order valence-corrected chi connectivity index (χ2v) is 7.67. The molecule has 2 atom stereocenters. The van der Waals surface area contributed by atoms with Crippen LogP contribution in [-0.2, 0) is 25.5 Å². The van der Waals surface area contributed by atoms with Gasteiger partial charge in [-0.1, -0.05) is 26.8 Å². The number of benzene rings is 1. The standard InChI is InChI=1S/C19H28BNO7/c1-10-13(8-7-12-9-28-20(25)14(10)12)16(22)21-15(17(23)24)19(3,4)11(2)18(26-5)27-6/h7-8,11,15,18,25H,9H2,1-6H3,(H,21,22)(H,23,24)/t11?,15-/m1/s1. The van der Waals surface area contributed by atoms with Crippen LogP contribution in [0.25, 0.3) is 0 Å². The molecule has 0 aliphatic carbocycles. The van der Waals surface area contributed by atoms with E-state index < -0.39 is 36.7 Å². The number of rotatable bonds is 8. The molecule has 9 heteroatoms. The highest BCUT2D eigenvalue weighted by atomic mass is 16.7. The summed E-state index contributed by atoms with van der Waals surface area (Å²) in [4.78, 5) is 24.9. The summed E-state index contributed by atoms with van der Waals surface area (Å²) in [5.74, 6) is -2.02. The number of carbonyl (C=O) groups excluding carboxylic acids is 1. The number of aliphatic carboxylic acids is 1. The Kier molecular flexibility index (Phi) is 6.87. The fourth-order valence-electron chi connectivity index (χ4n) is 3.65. The normalized spacial score (nSPS) is 16.1. The molecule has 1 unspecified atom stereocenters. The van der Waals surface area contributed by atoms with Crippen LogP contribution in [0.2, 0.25) is 0 Å². The molecule has 1 aromatic rings. The third-order valence-corrected chi connectivity index (χ3v) is 5.81. The van der Waals surface area contributed by atoms with Crippen molar-refractivity contribution in [2.75, 3.05) is 14.2 Å². The van der Waals surface area contributed by atoms with Crippen molar-refractivity contribution in [1.29, 1.82) is 0 Å². The Labute approximate surface area is 165 Å². The van der Waals surface area contributed by atoms with Crippen molar-refractivity contribution in [2.45, 2.75) is 46.6 Å². The molecule has 0 saturated carbocycles. The van der Waals surface area contributed by atoms with Crippen molar-refractivity contribution in [3.05, 3.63) is 28.8 Å². The third kappa shape index (κ3) is 4.07. The van der Waals surface area contributed by atoms with Gasteiger partial charge in [0.2, 0.25) is 0 Å². The van der Waals surface area contributed by atoms with E-state index >= 15 is 0 Å². The first-order valence-corrected chi connectivity index (χ1v) is 9.07. The van der Waals surface area contributed by atoms with Crippen molar-refractivity contribution in [2.24, 2.45) is 11.3 Å². The average Bonchev–Trinajstić information content (AvgIpc) is 3.02. The number of nitrogens with one attached hydrogen (secondary N) is 1. The van der Waals surface area contributed by atoms with Crippen molar-refractivity contribution >= 4 is 24.5 Å². The van der Waals surface area contributed by atoms with Crippen LogP contribution in [0.5, 0.6) is 0 Å². The van der Waals surface area contributed by atoms with Crippen molar-refractivity contribution < 1.29 is 33.8 Å². The molecule has 0 radical (unpaired) electrons. The maximum Gasteiger partial charge on any atom is 0.492 e. The minimum absolute atomic E-state index is 0.275. The van der Waals surface area contributed by atoms with Gasteiger partial charge in [-0.3, -0.25) is 4.79 Å². The maximum atomic E-state index is 12.9. The van der Waals surface area contributed by atoms with Crippen LogP contribution in [0.1, 0.15) is 42.3 Å². The van der Waals surface area contributed by atoms with Crippen molar-refractivity contribution in [3.63, 3.8) is 0 Å². The fourth-order valence-corrected chi connectivity index (χ4v) is 3.65. The molecule has 0 spiro atoms. The van der Waals surface area contributed by atoms with Crippen LogP contribution in [0.3, 0.4) is 0 Å². The van der Waals surface area contributed by atoms with E-state index in [1.807, 2.05) is 6.92 Å². The topological polar surface area (TPSA) is 114 Å². The van der Waals surface area contributed by atoms with E-state index in [2.05, 4.69) is 5.32 Å². The van der Waals surface area contributed by atoms with E-state index in [0.717, 1.165) is 5.56 Å². The number of ether oxygens (including phenoxy) is 2. The number of fused-ring (bicyclic) bond motifs is 1. The smallest absolute Gasteiger partial charge is 0.480 e. The molecular formula is C19H28BNO7. The Bertz CT molecular complexity index is 748. The number of carboxylic acid groups (broad SMARTS) is 1. The molecule has 8 nitrogen and oxygen atoms in total. The molecular weight excluding hydrogens is 365 g/mol. The SMILES string of the molecule is COC(OC)C(C)C(C)(C)[C@H](NC(=O)c1ccc2c(c1C)B(O)OC2)C(=O)O. The lowest BCUT2D eigenvalue weighted by Gasteiger charge is -2.40. The van der Waals surface area contributed by atoms with Gasteiger partial charge in [-0.05, 0) is 29.6 Å². The molecule has 0 fully saturated rings. The van der Waals surface area contributed by atoms with Gasteiger partial charge in [-0.2, -0.15) is 0 Å². The van der Waals surface area contributed by atoms with E-state index in [1.54, 1.807) is 32.9 Å². The van der Waals surface area contributed by atoms with E-state index in [0.29, 0.717) is 16.6 Å². The summed E-state index contributed by atoms with van der Waals surface area (Å²) < 4.78 is 15.8. The number of amides is 1. The molecule has 3 N–H and O–H groups in total. The van der Waals surface area contributed by atoms with Crippen LogP contribution >= 0.6 is 0 Å². The van der Waals surface area contributed by atoms with E-state index in [-0.39, 0.29) is 12.5 Å². The first-order chi connectivity index (χ1) is 13.1. The Balaban J connectivity index is 2.31. The molecule has 1 aliphatic rings. The van der Waals surface area contributed by atoms with Crippen LogP contribution in [0, 0.1) is 18.3 Å². The summed E-state index contributed by atoms with van der Waals surface area (Å²) in [6.45, 7) is 7.29. The summed E-state index contributed by atoms with van der Waals surface area (Å²) in [6, 6.07) is 2.15. The molecule has 0 aromatic heterocycles. The molecule has 0 saturated heterocycles. The number of hydrogen-bond acceptors (Lipinski definition) is 6. The van der Waals surface area contributed by atoms with Crippen LogP contribution in [0.4, 0.5) is 0 Å². The zero-order chi connectivity index (χ0) is 21.2. The predicted octanol–water partition coefficient (Wildman–Crippen LogP) is 0.677. The molecule has 154 valence electrons. The van der Waals surface area contributed by atoms with Gasteiger partial charge >= 0.3 is 13.1 Å². The third-order valence-electron chi connectivity index (χ3n) is 5.81. The summed E-state index contributed by atoms with van der Waals surface area (Å²) in [5, 5.41) is 22.4. The quantitative estimate of drug-likeness (QED) is 0.440. The summed E-state index contributed by atoms with van der Waals surface area (Å²) >= 11 is 0. The highest BCUT2D eigenvalue weighted by Gasteiger charge is 2.44. The predicted molar refractivity (Wildman–Crippen MR) is 103 cm³/mol. The minimum atomic E-state index is -1.18. The summed E-state index contributed by atoms with van der Waals surface area (Å²) in [7, 11) is 1.88. The zero-order valence-corrected chi connectivity index (χ0v) is 17.1.